The molecule has 0 saturated heterocycles. The summed E-state index contributed by atoms with van der Waals surface area (Å²) in [6.45, 7) is 18.3. The Hall–Kier alpha value is -13.3. The van der Waals surface area contributed by atoms with Crippen LogP contribution in [-0.4, -0.2) is 60.3 Å². The maximum absolute atomic E-state index is 9.30. The van der Waals surface area contributed by atoms with E-state index in [0.29, 0.717) is 87.4 Å². The van der Waals surface area contributed by atoms with Gasteiger partial charge in [-0.15, -0.1) is 0 Å². The minimum absolute atomic E-state index is 0.244. The number of nitriles is 4. The van der Waals surface area contributed by atoms with Crippen LogP contribution in [0.3, 0.4) is 0 Å². The van der Waals surface area contributed by atoms with Crippen molar-refractivity contribution in [3.8, 4) is 68.8 Å². The molecule has 8 aromatic heterocycles. The summed E-state index contributed by atoms with van der Waals surface area (Å²) < 4.78 is 0. The van der Waals surface area contributed by atoms with Crippen molar-refractivity contribution < 1.29 is 0 Å². The molecular formula is C96H88N16. The Morgan fingerprint density at radius 1 is 0.312 bits per heavy atom. The van der Waals surface area contributed by atoms with Crippen molar-refractivity contribution in [1.82, 2.24) is 60.3 Å². The molecule has 0 N–H and O–H groups in total. The Morgan fingerprint density at radius 3 is 1.12 bits per heavy atom. The van der Waals surface area contributed by atoms with Crippen molar-refractivity contribution >= 4 is 24.3 Å². The highest BCUT2D eigenvalue weighted by Crippen LogP contribution is 2.44. The molecule has 112 heavy (non-hydrogen) atoms. The number of pyridine rings is 4. The molecule has 4 aliphatic rings. The van der Waals surface area contributed by atoms with E-state index >= 15 is 0 Å². The van der Waals surface area contributed by atoms with Crippen LogP contribution in [0.5, 0.6) is 0 Å². The molecule has 12 aromatic rings. The number of fused-ring (bicyclic) bond motifs is 4. The fourth-order valence-electron chi connectivity index (χ4n) is 15.7. The highest BCUT2D eigenvalue weighted by atomic mass is 15.1. The summed E-state index contributed by atoms with van der Waals surface area (Å²) >= 11 is 0. The Labute approximate surface area is 657 Å². The van der Waals surface area contributed by atoms with Gasteiger partial charge in [-0.2, -0.15) is 41.4 Å². The Balaban J connectivity index is 0.000000131. The first-order valence-electron chi connectivity index (χ1n) is 38.4. The second-order valence-corrected chi connectivity index (χ2v) is 29.9. The Bertz CT molecular complexity index is 4880. The van der Waals surface area contributed by atoms with Gasteiger partial charge in [-0.3, -0.25) is 29.9 Å². The van der Waals surface area contributed by atoms with Crippen LogP contribution < -0.4 is 0 Å². The second-order valence-electron chi connectivity index (χ2n) is 29.9. The minimum atomic E-state index is 0.244. The number of allylic oxidation sites excluding steroid dienone is 4. The minimum Gasteiger partial charge on any atom is -0.258 e. The van der Waals surface area contributed by atoms with Crippen LogP contribution in [-0.2, 0) is 25.7 Å². The lowest BCUT2D eigenvalue weighted by Crippen LogP contribution is -2.26. The molecule has 12 atom stereocenters. The molecule has 8 heterocycles. The summed E-state index contributed by atoms with van der Waals surface area (Å²) in [5, 5.41) is 53.7. The average molecular weight is 1470 g/mol. The molecule has 16 heteroatoms. The zero-order valence-corrected chi connectivity index (χ0v) is 64.3. The van der Waals surface area contributed by atoms with Gasteiger partial charge in [0, 0.05) is 123 Å². The van der Waals surface area contributed by atoms with Gasteiger partial charge in [-0.05, 0) is 174 Å². The van der Waals surface area contributed by atoms with E-state index in [9.17, 15) is 21.0 Å². The third kappa shape index (κ3) is 17.9. The van der Waals surface area contributed by atoms with E-state index in [1.165, 1.54) is 22.3 Å². The lowest BCUT2D eigenvalue weighted by Gasteiger charge is -2.33. The third-order valence-corrected chi connectivity index (χ3v) is 23.1. The molecule has 0 amide bonds. The van der Waals surface area contributed by atoms with E-state index in [1.807, 2.05) is 189 Å². The average Bonchev–Trinajstić information content (AvgIpc) is 0.802. The first-order chi connectivity index (χ1) is 54.7. The van der Waals surface area contributed by atoms with E-state index in [4.69, 9.17) is 0 Å². The molecule has 0 fully saturated rings. The molecule has 4 aliphatic carbocycles. The van der Waals surface area contributed by atoms with Gasteiger partial charge >= 0.3 is 0 Å². The SMILES string of the molecule is C[C@H]1[C@H](/C=C/c2ccc(-c3ccccc3C#N)cn2)c2ccnnc2C[C@@H]1C.C[C@H]1[C@H](/C=C/c2ccc(-c3ccccc3C#N)cn2)c2cncnc2C[C@@H]1C.C[C@H]1[C@H](/C=C/c2ccc(-c3ccccc3C#N)cn2)c2cnncc2C[C@@H]1C.C[C@H]1[C@H](/C=C/c2ccc(-c3ccccc3C#N)cn2)c2nccnc2C[C@@H]1C. The fourth-order valence-corrected chi connectivity index (χ4v) is 15.7. The van der Waals surface area contributed by atoms with Crippen LogP contribution in [0.15, 0.2) is 244 Å². The summed E-state index contributed by atoms with van der Waals surface area (Å²) in [6, 6.07) is 57.5. The highest BCUT2D eigenvalue weighted by molar-refractivity contribution is 5.74. The Morgan fingerprint density at radius 2 is 0.688 bits per heavy atom. The van der Waals surface area contributed by atoms with E-state index in [2.05, 4.69) is 195 Å². The van der Waals surface area contributed by atoms with Crippen molar-refractivity contribution in [2.75, 3.05) is 0 Å². The van der Waals surface area contributed by atoms with Gasteiger partial charge < -0.3 is 0 Å². The molecule has 552 valence electrons. The van der Waals surface area contributed by atoms with Crippen molar-refractivity contribution in [2.45, 2.75) is 105 Å². The van der Waals surface area contributed by atoms with Gasteiger partial charge in [0.15, 0.2) is 0 Å². The normalized spacial score (nSPS) is 21.2. The zero-order valence-electron chi connectivity index (χ0n) is 64.3. The molecule has 0 saturated carbocycles. The summed E-state index contributed by atoms with van der Waals surface area (Å²) in [6.07, 6.45) is 41.4. The van der Waals surface area contributed by atoms with Gasteiger partial charge in [-0.25, -0.2) is 9.97 Å². The van der Waals surface area contributed by atoms with Gasteiger partial charge in [0.2, 0.25) is 0 Å². The maximum atomic E-state index is 9.30. The molecule has 0 aliphatic heterocycles. The lowest BCUT2D eigenvalue weighted by atomic mass is 9.71. The summed E-state index contributed by atoms with van der Waals surface area (Å²) in [5.74, 6) is 5.58. The molecule has 0 unspecified atom stereocenters. The van der Waals surface area contributed by atoms with Crippen LogP contribution in [0, 0.1) is 92.7 Å². The van der Waals surface area contributed by atoms with Gasteiger partial charge in [0.25, 0.3) is 0 Å². The highest BCUT2D eigenvalue weighted by Gasteiger charge is 2.35. The smallest absolute Gasteiger partial charge is 0.115 e. The molecule has 16 nitrogen and oxygen atoms in total. The van der Waals surface area contributed by atoms with Crippen molar-refractivity contribution in [2.24, 2.45) is 47.3 Å². The molecule has 0 bridgehead atoms. The Kier molecular flexibility index (Phi) is 24.9. The molecule has 0 radical (unpaired) electrons. The van der Waals surface area contributed by atoms with Gasteiger partial charge in [0.05, 0.1) is 98.8 Å². The number of hydrogen-bond donors (Lipinski definition) is 0. The molecule has 0 spiro atoms. The number of rotatable bonds is 12. The number of hydrogen-bond acceptors (Lipinski definition) is 16. The van der Waals surface area contributed by atoms with Gasteiger partial charge in [0.1, 0.15) is 6.33 Å². The monoisotopic (exact) mass is 1460 g/mol. The predicted octanol–water partition coefficient (Wildman–Crippen LogP) is 20.1. The summed E-state index contributed by atoms with van der Waals surface area (Å²) in [4.78, 5) is 36.2. The van der Waals surface area contributed by atoms with Crippen LogP contribution in [0.4, 0.5) is 0 Å². The lowest BCUT2D eigenvalue weighted by molar-refractivity contribution is 0.322. The van der Waals surface area contributed by atoms with Crippen molar-refractivity contribution in [3.63, 3.8) is 0 Å². The van der Waals surface area contributed by atoms with Crippen LogP contribution in [0.2, 0.25) is 0 Å². The standard InChI is InChI=1S/4C24H22N4/c1-16-11-20-14-27-28-15-24(20)22(17(16)2)10-9-21-8-7-19(13-26-21)23-6-4-3-5-18(23)12-25;1-16-11-24-23(14-26-15-28-24)21(17(16)2)10-9-20-8-7-19(13-27-20)22-6-4-3-5-18(22)12-25;1-16-13-23-24(27-12-11-26-23)21(17(16)2)10-9-20-8-7-19(15-28-20)22-6-4-3-5-18(22)14-25;1-16-13-24-23(11-12-27-28-24)21(17(16)2)10-9-20-8-7-19(15-26-20)22-6-4-3-5-18(22)14-25/h3-10,13-17,22H,11H2,1-2H3;3-10,13-17,21H,11H2,1-2H3;2*3-12,15-17,21H,13H2,1-2H3/b4*10-9+/t16-,17+,22-;3*16-,17+,21-/m0000/s1. The zero-order chi connectivity index (χ0) is 78.0. The fraction of sp³-hybridized carbons (Fsp3) is 0.250. The maximum Gasteiger partial charge on any atom is 0.115 e. The molecule has 4 aromatic carbocycles. The first-order valence-corrected chi connectivity index (χ1v) is 38.4. The third-order valence-electron chi connectivity index (χ3n) is 23.1. The quantitative estimate of drug-likeness (QED) is 0.110. The van der Waals surface area contributed by atoms with Gasteiger partial charge in [-0.1, -0.05) is 177 Å². The van der Waals surface area contributed by atoms with Crippen LogP contribution in [0.25, 0.3) is 68.8 Å². The molecule has 16 rings (SSSR count). The topological polar surface area (TPSA) is 250 Å². The van der Waals surface area contributed by atoms with Crippen molar-refractivity contribution in [3.05, 3.63) is 334 Å². The number of aromatic nitrogens is 12. The van der Waals surface area contributed by atoms with Crippen LogP contribution in [0.1, 0.15) is 169 Å². The number of nitrogens with zero attached hydrogens (tertiary/aromatic N) is 16. The predicted molar refractivity (Wildman–Crippen MR) is 441 cm³/mol. The van der Waals surface area contributed by atoms with E-state index < -0.39 is 0 Å². The first kappa shape index (κ1) is 76.9. The van der Waals surface area contributed by atoms with E-state index in [1.54, 1.807) is 24.9 Å². The molecular weight excluding hydrogens is 1380 g/mol. The van der Waals surface area contributed by atoms with E-state index in [-0.39, 0.29) is 5.92 Å². The van der Waals surface area contributed by atoms with Crippen molar-refractivity contribution in [1.29, 1.82) is 21.0 Å². The van der Waals surface area contributed by atoms with E-state index in [0.717, 1.165) is 116 Å². The number of benzene rings is 4. The van der Waals surface area contributed by atoms with Crippen LogP contribution >= 0.6 is 0 Å². The second kappa shape index (κ2) is 36.3. The largest absolute Gasteiger partial charge is 0.258 e. The summed E-state index contributed by atoms with van der Waals surface area (Å²) in [5.41, 5.74) is 23.3. The summed E-state index contributed by atoms with van der Waals surface area (Å²) in [7, 11) is 0.